The number of nitrogens with one attached hydrogen (secondary N) is 2. The quantitative estimate of drug-likeness (QED) is 0.605. The molecule has 0 spiro atoms. The Hall–Kier alpha value is -2.40. The number of anilines is 1. The van der Waals surface area contributed by atoms with Gasteiger partial charge in [0.05, 0.1) is 18.2 Å². The fraction of sp³-hybridized carbons (Fsp3) is 0.263. The van der Waals surface area contributed by atoms with E-state index in [0.29, 0.717) is 17.3 Å². The second kappa shape index (κ2) is 9.03. The standard InChI is InChI=1S/C19H22N2O2S/c1-3-17(14-9-6-5-7-10-14)21-19(24)20-16-12-8-11-15(13-16)18(22)23-4-2/h5-13,17H,3-4H2,1-2H3,(H2,20,21,24)/t17-/m0/s1. The summed E-state index contributed by atoms with van der Waals surface area (Å²) >= 11 is 5.40. The van der Waals surface area contributed by atoms with Gasteiger partial charge in [0.1, 0.15) is 0 Å². The van der Waals surface area contributed by atoms with Crippen molar-refractivity contribution < 1.29 is 9.53 Å². The van der Waals surface area contributed by atoms with Crippen LogP contribution in [0.4, 0.5) is 5.69 Å². The van der Waals surface area contributed by atoms with Gasteiger partial charge in [-0.3, -0.25) is 0 Å². The van der Waals surface area contributed by atoms with E-state index in [-0.39, 0.29) is 12.0 Å². The van der Waals surface area contributed by atoms with Crippen LogP contribution in [-0.4, -0.2) is 17.7 Å². The lowest BCUT2D eigenvalue weighted by molar-refractivity contribution is 0.0526. The van der Waals surface area contributed by atoms with Crippen molar-refractivity contribution in [2.45, 2.75) is 26.3 Å². The Kier molecular flexibility index (Phi) is 6.75. The minimum Gasteiger partial charge on any atom is -0.462 e. The van der Waals surface area contributed by atoms with Crippen LogP contribution < -0.4 is 10.6 Å². The summed E-state index contributed by atoms with van der Waals surface area (Å²) in [5, 5.41) is 6.96. The number of benzene rings is 2. The Morgan fingerprint density at radius 2 is 1.88 bits per heavy atom. The van der Waals surface area contributed by atoms with E-state index < -0.39 is 0 Å². The summed E-state index contributed by atoms with van der Waals surface area (Å²) in [6, 6.07) is 17.4. The summed E-state index contributed by atoms with van der Waals surface area (Å²) in [7, 11) is 0. The number of carbonyl (C=O) groups is 1. The van der Waals surface area contributed by atoms with E-state index >= 15 is 0 Å². The number of hydrogen-bond donors (Lipinski definition) is 2. The van der Waals surface area contributed by atoms with Crippen LogP contribution in [0.2, 0.25) is 0 Å². The topological polar surface area (TPSA) is 50.4 Å². The molecule has 2 N–H and O–H groups in total. The van der Waals surface area contributed by atoms with Crippen LogP contribution in [-0.2, 0) is 4.74 Å². The highest BCUT2D eigenvalue weighted by Crippen LogP contribution is 2.17. The number of ether oxygens (including phenoxy) is 1. The molecule has 1 atom stereocenters. The predicted molar refractivity (Wildman–Crippen MR) is 101 cm³/mol. The molecular weight excluding hydrogens is 320 g/mol. The van der Waals surface area contributed by atoms with E-state index in [1.165, 1.54) is 5.56 Å². The first-order chi connectivity index (χ1) is 11.6. The van der Waals surface area contributed by atoms with Crippen LogP contribution in [0.25, 0.3) is 0 Å². The van der Waals surface area contributed by atoms with E-state index in [2.05, 4.69) is 29.7 Å². The summed E-state index contributed by atoms with van der Waals surface area (Å²) in [5.74, 6) is -0.337. The Morgan fingerprint density at radius 1 is 1.12 bits per heavy atom. The van der Waals surface area contributed by atoms with Crippen molar-refractivity contribution in [3.8, 4) is 0 Å². The van der Waals surface area contributed by atoms with Crippen molar-refractivity contribution in [3.05, 3.63) is 65.7 Å². The first-order valence-electron chi connectivity index (χ1n) is 8.03. The summed E-state index contributed by atoms with van der Waals surface area (Å²) in [4.78, 5) is 11.8. The lowest BCUT2D eigenvalue weighted by atomic mass is 10.1. The molecule has 24 heavy (non-hydrogen) atoms. The van der Waals surface area contributed by atoms with Crippen molar-refractivity contribution in [1.82, 2.24) is 5.32 Å². The maximum Gasteiger partial charge on any atom is 0.338 e. The molecule has 0 radical (unpaired) electrons. The van der Waals surface area contributed by atoms with E-state index in [9.17, 15) is 4.79 Å². The SMILES string of the molecule is CCOC(=O)c1cccc(NC(=S)N[C@@H](CC)c2ccccc2)c1. The minimum atomic E-state index is -0.337. The third kappa shape index (κ3) is 5.06. The van der Waals surface area contributed by atoms with Gasteiger partial charge in [-0.05, 0) is 49.3 Å². The Bertz CT molecular complexity index is 689. The largest absolute Gasteiger partial charge is 0.462 e. The summed E-state index contributed by atoms with van der Waals surface area (Å²) < 4.78 is 5.01. The predicted octanol–water partition coefficient (Wildman–Crippen LogP) is 4.30. The molecule has 0 heterocycles. The zero-order chi connectivity index (χ0) is 17.4. The van der Waals surface area contributed by atoms with Crippen molar-refractivity contribution in [3.63, 3.8) is 0 Å². The molecule has 0 aliphatic carbocycles. The van der Waals surface area contributed by atoms with Gasteiger partial charge in [-0.25, -0.2) is 4.79 Å². The lowest BCUT2D eigenvalue weighted by Gasteiger charge is -2.20. The minimum absolute atomic E-state index is 0.138. The van der Waals surface area contributed by atoms with E-state index in [1.54, 1.807) is 25.1 Å². The normalized spacial score (nSPS) is 11.4. The molecule has 0 aliphatic rings. The van der Waals surface area contributed by atoms with Gasteiger partial charge >= 0.3 is 5.97 Å². The zero-order valence-electron chi connectivity index (χ0n) is 13.9. The molecule has 2 aromatic carbocycles. The number of hydrogen-bond acceptors (Lipinski definition) is 3. The van der Waals surface area contributed by atoms with Crippen LogP contribution in [0.3, 0.4) is 0 Å². The van der Waals surface area contributed by atoms with E-state index in [1.807, 2.05) is 24.3 Å². The molecule has 0 amide bonds. The monoisotopic (exact) mass is 342 g/mol. The highest BCUT2D eigenvalue weighted by molar-refractivity contribution is 7.80. The van der Waals surface area contributed by atoms with Crippen molar-refractivity contribution in [2.24, 2.45) is 0 Å². The maximum atomic E-state index is 11.8. The van der Waals surface area contributed by atoms with Gasteiger partial charge in [-0.15, -0.1) is 0 Å². The average Bonchev–Trinajstić information content (AvgIpc) is 2.61. The molecular formula is C19H22N2O2S. The van der Waals surface area contributed by atoms with Gasteiger partial charge in [0.2, 0.25) is 0 Å². The summed E-state index contributed by atoms with van der Waals surface area (Å²) in [5.41, 5.74) is 2.44. The van der Waals surface area contributed by atoms with E-state index in [0.717, 1.165) is 12.1 Å². The third-order valence-corrected chi connectivity index (χ3v) is 3.77. The van der Waals surface area contributed by atoms with Gasteiger partial charge in [0.15, 0.2) is 5.11 Å². The molecule has 0 bridgehead atoms. The molecule has 0 saturated carbocycles. The van der Waals surface area contributed by atoms with Gasteiger partial charge < -0.3 is 15.4 Å². The van der Waals surface area contributed by atoms with Crippen molar-refractivity contribution in [2.75, 3.05) is 11.9 Å². The number of carbonyl (C=O) groups excluding carboxylic acids is 1. The first kappa shape index (κ1) is 17.9. The molecule has 0 aliphatic heterocycles. The molecule has 2 aromatic rings. The fourth-order valence-electron chi connectivity index (χ4n) is 2.37. The van der Waals surface area contributed by atoms with Crippen LogP contribution >= 0.6 is 12.2 Å². The van der Waals surface area contributed by atoms with Gasteiger partial charge in [-0.1, -0.05) is 43.3 Å². The molecule has 126 valence electrons. The van der Waals surface area contributed by atoms with Gasteiger partial charge in [0.25, 0.3) is 0 Å². The first-order valence-corrected chi connectivity index (χ1v) is 8.44. The fourth-order valence-corrected chi connectivity index (χ4v) is 2.63. The molecule has 2 rings (SSSR count). The zero-order valence-corrected chi connectivity index (χ0v) is 14.7. The Labute approximate surface area is 148 Å². The second-order valence-electron chi connectivity index (χ2n) is 5.27. The molecule has 0 unspecified atom stereocenters. The van der Waals surface area contributed by atoms with Crippen LogP contribution in [0.5, 0.6) is 0 Å². The Balaban J connectivity index is 2.01. The van der Waals surface area contributed by atoms with Crippen molar-refractivity contribution in [1.29, 1.82) is 0 Å². The molecule has 0 fully saturated rings. The molecule has 4 nitrogen and oxygen atoms in total. The second-order valence-corrected chi connectivity index (χ2v) is 5.68. The van der Waals surface area contributed by atoms with Crippen LogP contribution in [0.15, 0.2) is 54.6 Å². The maximum absolute atomic E-state index is 11.8. The molecule has 0 saturated heterocycles. The highest BCUT2D eigenvalue weighted by atomic mass is 32.1. The van der Waals surface area contributed by atoms with E-state index in [4.69, 9.17) is 17.0 Å². The molecule has 5 heteroatoms. The van der Waals surface area contributed by atoms with Gasteiger partial charge in [0, 0.05) is 5.69 Å². The van der Waals surface area contributed by atoms with Gasteiger partial charge in [-0.2, -0.15) is 0 Å². The molecule has 0 aromatic heterocycles. The van der Waals surface area contributed by atoms with Crippen molar-refractivity contribution >= 4 is 29.0 Å². The Morgan fingerprint density at radius 3 is 2.54 bits per heavy atom. The summed E-state index contributed by atoms with van der Waals surface area (Å²) in [6.07, 6.45) is 0.911. The highest BCUT2D eigenvalue weighted by Gasteiger charge is 2.11. The lowest BCUT2D eigenvalue weighted by Crippen LogP contribution is -2.32. The third-order valence-electron chi connectivity index (χ3n) is 3.55. The van der Waals surface area contributed by atoms with Crippen LogP contribution in [0.1, 0.15) is 42.2 Å². The number of thiocarbonyl (C=S) groups is 1. The number of rotatable bonds is 6. The number of esters is 1. The smallest absolute Gasteiger partial charge is 0.338 e. The average molecular weight is 342 g/mol. The summed E-state index contributed by atoms with van der Waals surface area (Å²) in [6.45, 7) is 4.24. The van der Waals surface area contributed by atoms with Crippen LogP contribution in [0, 0.1) is 0 Å².